The summed E-state index contributed by atoms with van der Waals surface area (Å²) in [5.41, 5.74) is 6.01. The van der Waals surface area contributed by atoms with Crippen LogP contribution < -0.4 is 5.73 Å². The van der Waals surface area contributed by atoms with Crippen LogP contribution in [0, 0.1) is 9.49 Å². The molecule has 2 atom stereocenters. The van der Waals surface area contributed by atoms with Crippen molar-refractivity contribution >= 4 is 28.4 Å². The number of nitrogens with two attached hydrogens (primary N) is 1. The topological polar surface area (TPSA) is 53.1 Å². The third-order valence-corrected chi connectivity index (χ3v) is 3.99. The van der Waals surface area contributed by atoms with Gasteiger partial charge in [-0.1, -0.05) is 13.8 Å². The largest absolute Gasteiger partial charge is 0.383 e. The van der Waals surface area contributed by atoms with Gasteiger partial charge in [-0.3, -0.25) is 0 Å². The fourth-order valence-electron chi connectivity index (χ4n) is 2.14. The Labute approximate surface area is 110 Å². The van der Waals surface area contributed by atoms with Crippen molar-refractivity contribution < 1.29 is 4.74 Å². The zero-order valence-electron chi connectivity index (χ0n) is 9.69. The second kappa shape index (κ2) is 4.91. The Morgan fingerprint density at radius 2 is 2.38 bits per heavy atom. The maximum absolute atomic E-state index is 6.01. The summed E-state index contributed by atoms with van der Waals surface area (Å²) >= 11 is 2.22. The van der Waals surface area contributed by atoms with Crippen LogP contribution in [0.2, 0.25) is 0 Å². The molecule has 16 heavy (non-hydrogen) atoms. The summed E-state index contributed by atoms with van der Waals surface area (Å²) in [5, 5.41) is 4.36. The van der Waals surface area contributed by atoms with Gasteiger partial charge >= 0.3 is 0 Å². The summed E-state index contributed by atoms with van der Waals surface area (Å²) in [6.07, 6.45) is 4.18. The second-order valence-corrected chi connectivity index (χ2v) is 5.82. The molecule has 0 saturated carbocycles. The molecule has 0 bridgehead atoms. The number of hydrogen-bond acceptors (Lipinski definition) is 3. The van der Waals surface area contributed by atoms with Gasteiger partial charge in [-0.25, -0.2) is 4.68 Å². The van der Waals surface area contributed by atoms with Crippen molar-refractivity contribution in [3.63, 3.8) is 0 Å². The lowest BCUT2D eigenvalue weighted by atomic mass is 9.95. The molecule has 90 valence electrons. The van der Waals surface area contributed by atoms with Crippen molar-refractivity contribution in [1.82, 2.24) is 9.78 Å². The van der Waals surface area contributed by atoms with Crippen molar-refractivity contribution in [3.8, 4) is 0 Å². The lowest BCUT2D eigenvalue weighted by Crippen LogP contribution is -2.32. The molecule has 0 spiro atoms. The number of nitrogen functional groups attached to an aromatic ring is 1. The summed E-state index contributed by atoms with van der Waals surface area (Å²) in [5.74, 6) is 1.34. The molecule has 2 N–H and O–H groups in total. The van der Waals surface area contributed by atoms with Crippen LogP contribution in [0.15, 0.2) is 6.20 Å². The van der Waals surface area contributed by atoms with E-state index < -0.39 is 0 Å². The number of halogens is 1. The van der Waals surface area contributed by atoms with E-state index in [9.17, 15) is 0 Å². The van der Waals surface area contributed by atoms with Crippen molar-refractivity contribution in [2.24, 2.45) is 5.92 Å². The van der Waals surface area contributed by atoms with Gasteiger partial charge in [0.1, 0.15) is 5.82 Å². The quantitative estimate of drug-likeness (QED) is 0.845. The summed E-state index contributed by atoms with van der Waals surface area (Å²) < 4.78 is 8.74. The molecule has 1 aromatic rings. The highest BCUT2D eigenvalue weighted by Crippen LogP contribution is 2.30. The average Bonchev–Trinajstić information content (AvgIpc) is 2.60. The normalized spacial score (nSPS) is 26.2. The molecule has 0 aromatic carbocycles. The van der Waals surface area contributed by atoms with Crippen molar-refractivity contribution in [2.75, 3.05) is 12.3 Å². The highest BCUT2D eigenvalue weighted by Gasteiger charge is 2.27. The molecule has 1 aromatic heterocycles. The molecule has 5 heteroatoms. The van der Waals surface area contributed by atoms with Crippen molar-refractivity contribution in [1.29, 1.82) is 0 Å². The molecule has 2 heterocycles. The third-order valence-electron chi connectivity index (χ3n) is 3.16. The molecule has 0 amide bonds. The van der Waals surface area contributed by atoms with Crippen LogP contribution in [-0.2, 0) is 4.74 Å². The number of aromatic nitrogens is 2. The van der Waals surface area contributed by atoms with E-state index in [1.807, 2.05) is 10.9 Å². The maximum atomic E-state index is 6.01. The first-order chi connectivity index (χ1) is 7.59. The maximum Gasteiger partial charge on any atom is 0.135 e. The molecule has 1 fully saturated rings. The Hall–Kier alpha value is -0.300. The van der Waals surface area contributed by atoms with Crippen molar-refractivity contribution in [3.05, 3.63) is 9.77 Å². The number of rotatable bonds is 2. The highest BCUT2D eigenvalue weighted by atomic mass is 127. The number of nitrogens with zero attached hydrogens (tertiary/aromatic N) is 2. The molecule has 4 nitrogen and oxygen atoms in total. The van der Waals surface area contributed by atoms with E-state index in [1.54, 1.807) is 0 Å². The molecule has 2 unspecified atom stereocenters. The summed E-state index contributed by atoms with van der Waals surface area (Å²) in [6.45, 7) is 5.20. The molecule has 1 aliphatic heterocycles. The summed E-state index contributed by atoms with van der Waals surface area (Å²) in [6, 6.07) is 0.393. The lowest BCUT2D eigenvalue weighted by Gasteiger charge is -2.32. The number of hydrogen-bond donors (Lipinski definition) is 1. The molecule has 1 aliphatic rings. The lowest BCUT2D eigenvalue weighted by molar-refractivity contribution is -0.0324. The van der Waals surface area contributed by atoms with Gasteiger partial charge in [-0.15, -0.1) is 0 Å². The van der Waals surface area contributed by atoms with Crippen molar-refractivity contribution in [2.45, 2.75) is 38.8 Å². The van der Waals surface area contributed by atoms with E-state index in [4.69, 9.17) is 10.5 Å². The van der Waals surface area contributed by atoms with Gasteiger partial charge < -0.3 is 10.5 Å². The minimum atomic E-state index is 0.333. The van der Waals surface area contributed by atoms with Gasteiger partial charge in [-0.05, 0) is 41.4 Å². The minimum Gasteiger partial charge on any atom is -0.383 e. The molecule has 1 saturated heterocycles. The fourth-order valence-corrected chi connectivity index (χ4v) is 2.51. The fraction of sp³-hybridized carbons (Fsp3) is 0.727. The van der Waals surface area contributed by atoms with Crippen LogP contribution in [-0.4, -0.2) is 22.5 Å². The smallest absolute Gasteiger partial charge is 0.135 e. The standard InChI is InChI=1S/C11H18IN3O/c1-7(2)10-5-8(3-4-16-10)15-11(13)9(12)6-14-15/h6-8,10H,3-5,13H2,1-2H3. The van der Waals surface area contributed by atoms with Crippen LogP contribution in [0.1, 0.15) is 32.7 Å². The molecule has 0 radical (unpaired) electrons. The Morgan fingerprint density at radius 1 is 1.62 bits per heavy atom. The highest BCUT2D eigenvalue weighted by molar-refractivity contribution is 14.1. The van der Waals surface area contributed by atoms with E-state index in [0.29, 0.717) is 18.1 Å². The van der Waals surface area contributed by atoms with Gasteiger partial charge in [0.05, 0.1) is 21.9 Å². The predicted molar refractivity (Wildman–Crippen MR) is 72.2 cm³/mol. The number of ether oxygens (including phenoxy) is 1. The molecular formula is C11H18IN3O. The second-order valence-electron chi connectivity index (χ2n) is 4.65. The van der Waals surface area contributed by atoms with E-state index in [0.717, 1.165) is 28.8 Å². The minimum absolute atomic E-state index is 0.333. The Balaban J connectivity index is 2.13. The van der Waals surface area contributed by atoms with E-state index in [2.05, 4.69) is 41.5 Å². The number of anilines is 1. The van der Waals surface area contributed by atoms with E-state index in [1.165, 1.54) is 0 Å². The zero-order valence-corrected chi connectivity index (χ0v) is 11.8. The zero-order chi connectivity index (χ0) is 11.7. The average molecular weight is 335 g/mol. The van der Waals surface area contributed by atoms with Gasteiger partial charge in [-0.2, -0.15) is 5.10 Å². The Kier molecular flexibility index (Phi) is 3.73. The third kappa shape index (κ3) is 2.34. The Morgan fingerprint density at radius 3 is 2.94 bits per heavy atom. The van der Waals surface area contributed by atoms with E-state index >= 15 is 0 Å². The van der Waals surface area contributed by atoms with Crippen LogP contribution in [0.4, 0.5) is 5.82 Å². The first-order valence-electron chi connectivity index (χ1n) is 5.69. The SMILES string of the molecule is CC(C)C1CC(n2ncc(I)c2N)CCO1. The molecule has 2 rings (SSSR count). The monoisotopic (exact) mass is 335 g/mol. The first kappa shape index (κ1) is 12.2. The van der Waals surface area contributed by atoms with Gasteiger partial charge in [0.2, 0.25) is 0 Å². The van der Waals surface area contributed by atoms with Crippen LogP contribution in [0.25, 0.3) is 0 Å². The Bertz CT molecular complexity index is 364. The van der Waals surface area contributed by atoms with Crippen LogP contribution in [0.5, 0.6) is 0 Å². The van der Waals surface area contributed by atoms with E-state index in [-0.39, 0.29) is 0 Å². The summed E-state index contributed by atoms with van der Waals surface area (Å²) in [7, 11) is 0. The van der Waals surface area contributed by atoms with Crippen LogP contribution >= 0.6 is 22.6 Å². The summed E-state index contributed by atoms with van der Waals surface area (Å²) in [4.78, 5) is 0. The molecule has 0 aliphatic carbocycles. The van der Waals surface area contributed by atoms with Gasteiger partial charge in [0, 0.05) is 6.61 Å². The van der Waals surface area contributed by atoms with Gasteiger partial charge in [0.25, 0.3) is 0 Å². The molecular weight excluding hydrogens is 317 g/mol. The van der Waals surface area contributed by atoms with Crippen LogP contribution in [0.3, 0.4) is 0 Å². The van der Waals surface area contributed by atoms with Gasteiger partial charge in [0.15, 0.2) is 0 Å². The first-order valence-corrected chi connectivity index (χ1v) is 6.77. The predicted octanol–water partition coefficient (Wildman–Crippen LogP) is 2.45.